The minimum atomic E-state index is -1.10. The Labute approximate surface area is 321 Å². The molecule has 4 saturated heterocycles. The molecule has 16 nitrogen and oxygen atoms in total. The van der Waals surface area contributed by atoms with Gasteiger partial charge in [0.2, 0.25) is 0 Å². The number of amides is 2. The molecule has 4 aliphatic heterocycles. The van der Waals surface area contributed by atoms with E-state index >= 15 is 0 Å². The van der Waals surface area contributed by atoms with Gasteiger partial charge in [0.15, 0.2) is 12.2 Å². The molecule has 4 aliphatic rings. The second-order valence-electron chi connectivity index (χ2n) is 14.3. The molecule has 0 bridgehead atoms. The fourth-order valence-electron chi connectivity index (χ4n) is 7.49. The van der Waals surface area contributed by atoms with E-state index in [4.69, 9.17) is 9.47 Å². The standard InChI is InChI=1S/2C19H21FN6O2/c2*1-11-9-26(10-16(28-11)19(27)25-14-8-22-7-13(14)20)15-3-2-12(6-21)17-18(15)24-5-4-23-17/h2*2-5,11,13-14,16,22H,7-10H2,1H3,(H,25,27)/t2*11?,13-,14+,16?/m11/s1. The quantitative estimate of drug-likeness (QED) is 0.217. The van der Waals surface area contributed by atoms with E-state index in [1.165, 1.54) is 0 Å². The maximum absolute atomic E-state index is 13.8. The molecule has 4 unspecified atom stereocenters. The number of nitrogens with one attached hydrogen (secondary N) is 4. The van der Waals surface area contributed by atoms with Gasteiger partial charge >= 0.3 is 0 Å². The van der Waals surface area contributed by atoms with Gasteiger partial charge in [-0.1, -0.05) is 0 Å². The minimum absolute atomic E-state index is 0.199. The zero-order valence-corrected chi connectivity index (χ0v) is 30.9. The Hall–Kier alpha value is -5.66. The van der Waals surface area contributed by atoms with Crippen LogP contribution in [0.2, 0.25) is 0 Å². The number of hydrogen-bond acceptors (Lipinski definition) is 14. The van der Waals surface area contributed by atoms with E-state index in [1.54, 1.807) is 36.9 Å². The Morgan fingerprint density at radius 1 is 0.661 bits per heavy atom. The van der Waals surface area contributed by atoms with Crippen molar-refractivity contribution in [3.05, 3.63) is 60.2 Å². The second-order valence-corrected chi connectivity index (χ2v) is 14.3. The summed E-state index contributed by atoms with van der Waals surface area (Å²) >= 11 is 0. The van der Waals surface area contributed by atoms with E-state index in [0.29, 0.717) is 72.5 Å². The highest BCUT2D eigenvalue weighted by Gasteiger charge is 2.37. The lowest BCUT2D eigenvalue weighted by Crippen LogP contribution is -2.55. The van der Waals surface area contributed by atoms with Gasteiger partial charge in [-0.2, -0.15) is 10.5 Å². The Morgan fingerprint density at radius 3 is 1.41 bits per heavy atom. The summed E-state index contributed by atoms with van der Waals surface area (Å²) < 4.78 is 39.3. The lowest BCUT2D eigenvalue weighted by molar-refractivity contribution is -0.138. The predicted molar refractivity (Wildman–Crippen MR) is 201 cm³/mol. The molecule has 4 aromatic rings. The Bertz CT molecular complexity index is 2020. The number of rotatable bonds is 6. The molecular weight excluding hydrogens is 726 g/mol. The number of fused-ring (bicyclic) bond motifs is 2. The van der Waals surface area contributed by atoms with Crippen LogP contribution in [-0.2, 0) is 19.1 Å². The highest BCUT2D eigenvalue weighted by molar-refractivity contribution is 5.93. The summed E-state index contributed by atoms with van der Waals surface area (Å²) in [4.78, 5) is 46.7. The molecule has 8 rings (SSSR count). The number of nitriles is 2. The molecule has 18 heteroatoms. The summed E-state index contributed by atoms with van der Waals surface area (Å²) in [6, 6.07) is 10.2. The first-order valence-electron chi connectivity index (χ1n) is 18.5. The summed E-state index contributed by atoms with van der Waals surface area (Å²) in [7, 11) is 0. The third-order valence-electron chi connectivity index (χ3n) is 10.2. The van der Waals surface area contributed by atoms with Crippen LogP contribution >= 0.6 is 0 Å². The number of alkyl halides is 2. The van der Waals surface area contributed by atoms with E-state index in [0.717, 1.165) is 11.4 Å². The van der Waals surface area contributed by atoms with Crippen LogP contribution < -0.4 is 31.1 Å². The molecule has 4 fully saturated rings. The fraction of sp³-hybridized carbons (Fsp3) is 0.474. The highest BCUT2D eigenvalue weighted by atomic mass is 19.1. The maximum Gasteiger partial charge on any atom is 0.251 e. The van der Waals surface area contributed by atoms with Gasteiger partial charge in [0, 0.05) is 64.1 Å². The molecule has 4 N–H and O–H groups in total. The van der Waals surface area contributed by atoms with Gasteiger partial charge in [-0.25, -0.2) is 8.78 Å². The lowest BCUT2D eigenvalue weighted by atomic mass is 10.1. The predicted octanol–water partition coefficient (Wildman–Crippen LogP) is 1.04. The van der Waals surface area contributed by atoms with E-state index < -0.39 is 36.6 Å². The SMILES string of the molecule is CC1CN(c2ccc(C#N)c3nccnc23)CC(C(=O)N[C@H]2CNC[C@H]2F)O1.CC1CN(c2ccc(C#N)c3nccnc23)CC(C(=O)N[C@H]2CNC[C@H]2F)O1. The van der Waals surface area contributed by atoms with E-state index in [2.05, 4.69) is 53.3 Å². The molecule has 2 amide bonds. The van der Waals surface area contributed by atoms with Gasteiger partial charge in [0.25, 0.3) is 11.8 Å². The van der Waals surface area contributed by atoms with E-state index in [1.807, 2.05) is 35.8 Å². The van der Waals surface area contributed by atoms with Crippen molar-refractivity contribution in [1.82, 2.24) is 41.2 Å². The van der Waals surface area contributed by atoms with Crippen LogP contribution in [0.25, 0.3) is 22.1 Å². The first-order valence-corrected chi connectivity index (χ1v) is 18.5. The van der Waals surface area contributed by atoms with Crippen molar-refractivity contribution in [2.24, 2.45) is 0 Å². The van der Waals surface area contributed by atoms with Crippen molar-refractivity contribution in [2.75, 3.05) is 62.2 Å². The fourth-order valence-corrected chi connectivity index (χ4v) is 7.49. The Morgan fingerprint density at radius 2 is 1.05 bits per heavy atom. The van der Waals surface area contributed by atoms with Crippen molar-refractivity contribution in [3.8, 4) is 12.1 Å². The average Bonchev–Trinajstić information content (AvgIpc) is 3.82. The number of morpholine rings is 2. The molecule has 0 spiro atoms. The number of carbonyl (C=O) groups excluding carboxylic acids is 2. The van der Waals surface area contributed by atoms with Crippen LogP contribution in [0.4, 0.5) is 20.2 Å². The molecule has 0 aliphatic carbocycles. The Balaban J connectivity index is 0.000000172. The number of nitrogens with zero attached hydrogens (tertiary/aromatic N) is 8. The first-order chi connectivity index (χ1) is 27.1. The number of hydrogen-bond donors (Lipinski definition) is 4. The number of halogens is 2. The lowest BCUT2D eigenvalue weighted by Gasteiger charge is -2.38. The normalized spacial score (nSPS) is 27.5. The van der Waals surface area contributed by atoms with Gasteiger partial charge in [0.1, 0.15) is 46.5 Å². The van der Waals surface area contributed by atoms with Crippen LogP contribution in [0, 0.1) is 22.7 Å². The number of anilines is 2. The van der Waals surface area contributed by atoms with Crippen molar-refractivity contribution in [2.45, 2.75) is 62.7 Å². The van der Waals surface area contributed by atoms with E-state index in [9.17, 15) is 28.9 Å². The van der Waals surface area contributed by atoms with Crippen LogP contribution in [-0.4, -0.2) is 133 Å². The van der Waals surface area contributed by atoms with Gasteiger partial charge < -0.3 is 40.5 Å². The van der Waals surface area contributed by atoms with Crippen molar-refractivity contribution >= 4 is 45.3 Å². The topological polar surface area (TPSA) is 206 Å². The molecular formula is C38H42F2N12O4. The highest BCUT2D eigenvalue weighted by Crippen LogP contribution is 2.30. The zero-order valence-electron chi connectivity index (χ0n) is 30.9. The van der Waals surface area contributed by atoms with Gasteiger partial charge in [0.05, 0.1) is 59.9 Å². The molecule has 56 heavy (non-hydrogen) atoms. The molecule has 6 heterocycles. The third kappa shape index (κ3) is 8.29. The second kappa shape index (κ2) is 17.0. The summed E-state index contributed by atoms with van der Waals surface area (Å²) in [6.45, 7) is 6.84. The molecule has 292 valence electrons. The molecule has 0 saturated carbocycles. The monoisotopic (exact) mass is 768 g/mol. The summed E-state index contributed by atoms with van der Waals surface area (Å²) in [5.74, 6) is -0.645. The van der Waals surface area contributed by atoms with Gasteiger partial charge in [-0.05, 0) is 38.1 Å². The minimum Gasteiger partial charge on any atom is -0.364 e. The van der Waals surface area contributed by atoms with Crippen molar-refractivity contribution < 1.29 is 27.8 Å². The van der Waals surface area contributed by atoms with Crippen LogP contribution in [0.3, 0.4) is 0 Å². The number of carbonyl (C=O) groups is 2. The van der Waals surface area contributed by atoms with Crippen molar-refractivity contribution in [3.63, 3.8) is 0 Å². The third-order valence-corrected chi connectivity index (χ3v) is 10.2. The van der Waals surface area contributed by atoms with Gasteiger partial charge in [-0.15, -0.1) is 0 Å². The van der Waals surface area contributed by atoms with Gasteiger partial charge in [-0.3, -0.25) is 29.5 Å². The first kappa shape index (κ1) is 38.6. The smallest absolute Gasteiger partial charge is 0.251 e. The molecule has 8 atom stereocenters. The summed E-state index contributed by atoms with van der Waals surface area (Å²) in [6.07, 6.45) is 2.22. The largest absolute Gasteiger partial charge is 0.364 e. The van der Waals surface area contributed by atoms with E-state index in [-0.39, 0.29) is 37.1 Å². The van der Waals surface area contributed by atoms with Crippen LogP contribution in [0.15, 0.2) is 49.1 Å². The molecule has 2 aromatic heterocycles. The zero-order chi connectivity index (χ0) is 39.3. The molecule has 0 radical (unpaired) electrons. The van der Waals surface area contributed by atoms with Crippen molar-refractivity contribution in [1.29, 1.82) is 10.5 Å². The Kier molecular flexibility index (Phi) is 11.7. The number of benzene rings is 2. The van der Waals surface area contributed by atoms with Crippen LogP contribution in [0.1, 0.15) is 25.0 Å². The number of ether oxygens (including phenoxy) is 2. The molecule has 2 aromatic carbocycles. The number of aromatic nitrogens is 4. The summed E-state index contributed by atoms with van der Waals surface area (Å²) in [5.41, 5.74) is 4.76. The summed E-state index contributed by atoms with van der Waals surface area (Å²) in [5, 5.41) is 30.0. The van der Waals surface area contributed by atoms with Crippen LogP contribution in [0.5, 0.6) is 0 Å². The maximum atomic E-state index is 13.8. The average molecular weight is 769 g/mol.